The van der Waals surface area contributed by atoms with Gasteiger partial charge in [0.05, 0.1) is 16.1 Å². The lowest BCUT2D eigenvalue weighted by Crippen LogP contribution is -2.07. The molecule has 116 valence electrons. The standard InChI is InChI=1S/C16H13N3O2S2/c1-19-13-9(8-18-19)5-6-10-12(13)16(23-14(10)15(20)21)22-11-4-2-3-7-17-11/h2-4,7-8H,5-6H2,1H3,(H,20,21). The predicted octanol–water partition coefficient (Wildman–Crippen LogP) is 3.49. The zero-order chi connectivity index (χ0) is 16.0. The van der Waals surface area contributed by atoms with Gasteiger partial charge in [-0.05, 0) is 36.1 Å². The van der Waals surface area contributed by atoms with E-state index in [2.05, 4.69) is 10.1 Å². The van der Waals surface area contributed by atoms with Gasteiger partial charge in [0.15, 0.2) is 0 Å². The summed E-state index contributed by atoms with van der Waals surface area (Å²) in [7, 11) is 1.90. The average molecular weight is 343 g/mol. The van der Waals surface area contributed by atoms with Crippen LogP contribution < -0.4 is 0 Å². The molecular formula is C16H13N3O2S2. The monoisotopic (exact) mass is 343 g/mol. The summed E-state index contributed by atoms with van der Waals surface area (Å²) >= 11 is 2.86. The molecule has 3 heterocycles. The fraction of sp³-hybridized carbons (Fsp3) is 0.188. The van der Waals surface area contributed by atoms with E-state index < -0.39 is 5.97 Å². The van der Waals surface area contributed by atoms with E-state index in [0.29, 0.717) is 4.88 Å². The van der Waals surface area contributed by atoms with Crippen LogP contribution >= 0.6 is 23.1 Å². The molecule has 4 rings (SSSR count). The zero-order valence-corrected chi connectivity index (χ0v) is 13.9. The third kappa shape index (κ3) is 2.36. The maximum absolute atomic E-state index is 11.6. The molecule has 0 fully saturated rings. The lowest BCUT2D eigenvalue weighted by molar-refractivity contribution is 0.0701. The van der Waals surface area contributed by atoms with Crippen molar-refractivity contribution < 1.29 is 9.90 Å². The first-order valence-electron chi connectivity index (χ1n) is 7.14. The van der Waals surface area contributed by atoms with Gasteiger partial charge < -0.3 is 5.11 Å². The van der Waals surface area contributed by atoms with Gasteiger partial charge in [0, 0.05) is 18.8 Å². The predicted molar refractivity (Wildman–Crippen MR) is 89.2 cm³/mol. The summed E-state index contributed by atoms with van der Waals surface area (Å²) in [6, 6.07) is 5.74. The molecule has 3 aromatic rings. The minimum atomic E-state index is -0.857. The van der Waals surface area contributed by atoms with Gasteiger partial charge in [-0.15, -0.1) is 11.3 Å². The molecule has 0 aromatic carbocycles. The molecule has 0 saturated carbocycles. The Kier molecular flexibility index (Phi) is 3.46. The first kappa shape index (κ1) is 14.5. The summed E-state index contributed by atoms with van der Waals surface area (Å²) in [5.41, 5.74) is 4.16. The van der Waals surface area contributed by atoms with Crippen molar-refractivity contribution >= 4 is 29.1 Å². The van der Waals surface area contributed by atoms with E-state index in [-0.39, 0.29) is 0 Å². The van der Waals surface area contributed by atoms with Crippen molar-refractivity contribution in [1.29, 1.82) is 0 Å². The molecular weight excluding hydrogens is 330 g/mol. The van der Waals surface area contributed by atoms with E-state index in [1.165, 1.54) is 28.7 Å². The van der Waals surface area contributed by atoms with Crippen LogP contribution in [-0.4, -0.2) is 25.8 Å². The molecule has 7 heteroatoms. The number of thiophene rings is 1. The van der Waals surface area contributed by atoms with E-state index >= 15 is 0 Å². The van der Waals surface area contributed by atoms with Gasteiger partial charge in [0.25, 0.3) is 0 Å². The number of carboxylic acid groups (broad SMARTS) is 1. The smallest absolute Gasteiger partial charge is 0.346 e. The Bertz CT molecular complexity index is 900. The number of fused-ring (bicyclic) bond motifs is 3. The normalized spacial score (nSPS) is 12.7. The maximum atomic E-state index is 11.6. The molecule has 1 aliphatic carbocycles. The van der Waals surface area contributed by atoms with Crippen molar-refractivity contribution in [2.75, 3.05) is 0 Å². The van der Waals surface area contributed by atoms with Gasteiger partial charge >= 0.3 is 5.97 Å². The van der Waals surface area contributed by atoms with Crippen molar-refractivity contribution in [1.82, 2.24) is 14.8 Å². The van der Waals surface area contributed by atoms with Gasteiger partial charge in [-0.2, -0.15) is 5.10 Å². The maximum Gasteiger partial charge on any atom is 0.346 e. The van der Waals surface area contributed by atoms with Crippen LogP contribution in [0.3, 0.4) is 0 Å². The van der Waals surface area contributed by atoms with Gasteiger partial charge in [-0.25, -0.2) is 9.78 Å². The number of hydrogen-bond acceptors (Lipinski definition) is 5. The average Bonchev–Trinajstić information content (AvgIpc) is 3.10. The van der Waals surface area contributed by atoms with Crippen LogP contribution in [0.1, 0.15) is 20.8 Å². The van der Waals surface area contributed by atoms with Crippen molar-refractivity contribution in [3.05, 3.63) is 46.6 Å². The SMILES string of the molecule is Cn1ncc2c1-c1c(Sc3ccccn3)sc(C(=O)O)c1CC2. The fourth-order valence-corrected chi connectivity index (χ4v) is 5.28. The number of hydrogen-bond donors (Lipinski definition) is 1. The molecule has 23 heavy (non-hydrogen) atoms. The molecule has 1 N–H and O–H groups in total. The number of aromatic carboxylic acids is 1. The van der Waals surface area contributed by atoms with Crippen LogP contribution in [0, 0.1) is 0 Å². The number of nitrogens with zero attached hydrogens (tertiary/aromatic N) is 3. The minimum Gasteiger partial charge on any atom is -0.477 e. The number of pyridine rings is 1. The van der Waals surface area contributed by atoms with Crippen LogP contribution in [0.25, 0.3) is 11.3 Å². The molecule has 0 aliphatic heterocycles. The highest BCUT2D eigenvalue weighted by Crippen LogP contribution is 2.48. The number of aromatic nitrogens is 3. The van der Waals surface area contributed by atoms with E-state index in [4.69, 9.17) is 0 Å². The Labute approximate surface area is 141 Å². The first-order valence-corrected chi connectivity index (χ1v) is 8.77. The van der Waals surface area contributed by atoms with Gasteiger partial charge in [-0.1, -0.05) is 17.8 Å². The second-order valence-electron chi connectivity index (χ2n) is 5.29. The Hall–Kier alpha value is -2.12. The molecule has 0 radical (unpaired) electrons. The van der Waals surface area contributed by atoms with Crippen LogP contribution in [0.2, 0.25) is 0 Å². The summed E-state index contributed by atoms with van der Waals surface area (Å²) in [6.07, 6.45) is 5.21. The molecule has 0 amide bonds. The fourth-order valence-electron chi connectivity index (χ4n) is 2.92. The summed E-state index contributed by atoms with van der Waals surface area (Å²) in [6.45, 7) is 0. The van der Waals surface area contributed by atoms with Gasteiger partial charge in [0.2, 0.25) is 0 Å². The van der Waals surface area contributed by atoms with Gasteiger partial charge in [0.1, 0.15) is 9.90 Å². The van der Waals surface area contributed by atoms with E-state index in [1.54, 1.807) is 6.20 Å². The summed E-state index contributed by atoms with van der Waals surface area (Å²) in [5, 5.41) is 14.8. The van der Waals surface area contributed by atoms with Crippen molar-refractivity contribution in [3.8, 4) is 11.3 Å². The Morgan fingerprint density at radius 2 is 2.26 bits per heavy atom. The summed E-state index contributed by atoms with van der Waals surface area (Å²) in [4.78, 5) is 16.4. The molecule has 5 nitrogen and oxygen atoms in total. The van der Waals surface area contributed by atoms with Crippen LogP contribution in [0.4, 0.5) is 0 Å². The second kappa shape index (κ2) is 5.50. The number of rotatable bonds is 3. The van der Waals surface area contributed by atoms with Gasteiger partial charge in [-0.3, -0.25) is 4.68 Å². The highest BCUT2D eigenvalue weighted by atomic mass is 32.2. The topological polar surface area (TPSA) is 68.0 Å². The first-order chi connectivity index (χ1) is 11.1. The van der Waals surface area contributed by atoms with Crippen molar-refractivity contribution in [2.24, 2.45) is 7.05 Å². The molecule has 0 saturated heterocycles. The Morgan fingerprint density at radius 3 is 3.00 bits per heavy atom. The molecule has 3 aromatic heterocycles. The third-order valence-corrected chi connectivity index (χ3v) is 6.25. The number of carboxylic acids is 1. The van der Waals surface area contributed by atoms with Crippen LogP contribution in [0.15, 0.2) is 39.8 Å². The summed E-state index contributed by atoms with van der Waals surface area (Å²) < 4.78 is 2.81. The van der Waals surface area contributed by atoms with E-state index in [9.17, 15) is 9.90 Å². The molecule has 1 aliphatic rings. The van der Waals surface area contributed by atoms with Crippen LogP contribution in [-0.2, 0) is 19.9 Å². The highest BCUT2D eigenvalue weighted by molar-refractivity contribution is 8.01. The zero-order valence-electron chi connectivity index (χ0n) is 12.3. The highest BCUT2D eigenvalue weighted by Gasteiger charge is 2.30. The molecule has 0 unspecified atom stereocenters. The van der Waals surface area contributed by atoms with Crippen molar-refractivity contribution in [3.63, 3.8) is 0 Å². The Morgan fingerprint density at radius 1 is 1.39 bits per heavy atom. The van der Waals surface area contributed by atoms with E-state index in [0.717, 1.165) is 38.9 Å². The third-order valence-electron chi connectivity index (χ3n) is 3.90. The summed E-state index contributed by atoms with van der Waals surface area (Å²) in [5.74, 6) is -0.857. The quantitative estimate of drug-likeness (QED) is 0.788. The molecule has 0 spiro atoms. The largest absolute Gasteiger partial charge is 0.477 e. The Balaban J connectivity index is 1.91. The van der Waals surface area contributed by atoms with Crippen molar-refractivity contribution in [2.45, 2.75) is 22.1 Å². The number of carbonyl (C=O) groups is 1. The minimum absolute atomic E-state index is 0.435. The second-order valence-corrected chi connectivity index (χ2v) is 7.60. The van der Waals surface area contributed by atoms with Crippen LogP contribution in [0.5, 0.6) is 0 Å². The number of aryl methyl sites for hydroxylation is 2. The lowest BCUT2D eigenvalue weighted by atomic mass is 9.92. The van der Waals surface area contributed by atoms with E-state index in [1.807, 2.05) is 36.1 Å². The lowest BCUT2D eigenvalue weighted by Gasteiger charge is -2.15. The molecule has 0 atom stereocenters. The molecule has 0 bridgehead atoms.